The van der Waals surface area contributed by atoms with Gasteiger partial charge in [0, 0.05) is 18.7 Å². The summed E-state index contributed by atoms with van der Waals surface area (Å²) in [4.78, 5) is 25.0. The van der Waals surface area contributed by atoms with E-state index in [0.29, 0.717) is 24.3 Å². The summed E-state index contributed by atoms with van der Waals surface area (Å²) in [6, 6.07) is 6.17. The predicted molar refractivity (Wildman–Crippen MR) is 107 cm³/mol. The highest BCUT2D eigenvalue weighted by atomic mass is 32.2. The Labute approximate surface area is 168 Å². The van der Waals surface area contributed by atoms with Crippen molar-refractivity contribution in [1.82, 2.24) is 4.31 Å². The molecule has 1 amide bonds. The van der Waals surface area contributed by atoms with Gasteiger partial charge in [-0.25, -0.2) is 13.2 Å². The molecular weight excluding hydrogens is 400 g/mol. The molecule has 150 valence electrons. The Kier molecular flexibility index (Phi) is 6.17. The van der Waals surface area contributed by atoms with Gasteiger partial charge in [-0.1, -0.05) is 12.5 Å². The molecule has 1 fully saturated rings. The van der Waals surface area contributed by atoms with Gasteiger partial charge < -0.3 is 10.1 Å². The highest BCUT2D eigenvalue weighted by Crippen LogP contribution is 2.26. The Morgan fingerprint density at radius 2 is 1.86 bits per heavy atom. The van der Waals surface area contributed by atoms with Gasteiger partial charge in [0.25, 0.3) is 5.91 Å². The second-order valence-corrected chi connectivity index (χ2v) is 9.40. The van der Waals surface area contributed by atoms with Crippen molar-refractivity contribution in [1.29, 1.82) is 0 Å². The van der Waals surface area contributed by atoms with Crippen LogP contribution in [0.4, 0.5) is 5.69 Å². The molecule has 0 atom stereocenters. The van der Waals surface area contributed by atoms with Crippen molar-refractivity contribution in [2.45, 2.75) is 31.1 Å². The van der Waals surface area contributed by atoms with E-state index >= 15 is 0 Å². The van der Waals surface area contributed by atoms with Crippen molar-refractivity contribution in [2.75, 3.05) is 25.5 Å². The van der Waals surface area contributed by atoms with Gasteiger partial charge in [0.1, 0.15) is 4.88 Å². The fraction of sp³-hybridized carbons (Fsp3) is 0.368. The number of esters is 1. The number of sulfonamides is 1. The van der Waals surface area contributed by atoms with Crippen molar-refractivity contribution in [3.05, 3.63) is 45.6 Å². The third-order valence-electron chi connectivity index (χ3n) is 4.69. The Bertz CT molecular complexity index is 992. The molecule has 1 aliphatic rings. The first-order chi connectivity index (χ1) is 13.3. The molecular formula is C19H22N2O5S2. The van der Waals surface area contributed by atoms with Crippen LogP contribution < -0.4 is 5.32 Å². The van der Waals surface area contributed by atoms with Crippen LogP contribution in [0.1, 0.15) is 44.9 Å². The molecule has 0 spiro atoms. The molecule has 3 rings (SSSR count). The van der Waals surface area contributed by atoms with Crippen LogP contribution in [0, 0.1) is 6.92 Å². The summed E-state index contributed by atoms with van der Waals surface area (Å²) in [7, 11) is -2.37. The number of nitrogens with zero attached hydrogens (tertiary/aromatic N) is 1. The number of aryl methyl sites for hydroxylation is 1. The number of anilines is 1. The third kappa shape index (κ3) is 4.11. The number of hydrogen-bond donors (Lipinski definition) is 1. The van der Waals surface area contributed by atoms with E-state index in [0.717, 1.165) is 30.6 Å². The van der Waals surface area contributed by atoms with Crippen LogP contribution in [0.5, 0.6) is 0 Å². The maximum absolute atomic E-state index is 12.9. The highest BCUT2D eigenvalue weighted by Gasteiger charge is 2.27. The van der Waals surface area contributed by atoms with Gasteiger partial charge in [0.15, 0.2) is 0 Å². The van der Waals surface area contributed by atoms with Crippen molar-refractivity contribution in [2.24, 2.45) is 0 Å². The number of hydrogen-bond acceptors (Lipinski definition) is 6. The third-order valence-corrected chi connectivity index (χ3v) is 7.48. The number of thiophene rings is 1. The fourth-order valence-electron chi connectivity index (χ4n) is 3.11. The number of carbonyl (C=O) groups excluding carboxylic acids is 2. The Balaban J connectivity index is 1.88. The van der Waals surface area contributed by atoms with E-state index in [-0.39, 0.29) is 15.3 Å². The molecule has 2 aromatic rings. The van der Waals surface area contributed by atoms with Crippen LogP contribution in [0.3, 0.4) is 0 Å². The van der Waals surface area contributed by atoms with E-state index in [2.05, 4.69) is 5.32 Å². The first kappa shape index (κ1) is 20.5. The zero-order valence-corrected chi connectivity index (χ0v) is 17.4. The molecule has 1 saturated heterocycles. The Hall–Kier alpha value is -2.23. The molecule has 1 aromatic carbocycles. The summed E-state index contributed by atoms with van der Waals surface area (Å²) in [6.45, 7) is 2.73. The van der Waals surface area contributed by atoms with Gasteiger partial charge in [0.2, 0.25) is 10.0 Å². The lowest BCUT2D eigenvalue weighted by molar-refractivity contribution is 0.0607. The molecule has 0 unspecified atom stereocenters. The van der Waals surface area contributed by atoms with Gasteiger partial charge in [-0.15, -0.1) is 11.3 Å². The molecule has 2 heterocycles. The first-order valence-electron chi connectivity index (χ1n) is 8.92. The van der Waals surface area contributed by atoms with E-state index in [1.54, 1.807) is 24.4 Å². The Morgan fingerprint density at radius 1 is 1.14 bits per heavy atom. The number of methoxy groups -OCH3 is 1. The average Bonchev–Trinajstić information content (AvgIpc) is 3.16. The van der Waals surface area contributed by atoms with Crippen molar-refractivity contribution in [3.8, 4) is 0 Å². The molecule has 0 saturated carbocycles. The van der Waals surface area contributed by atoms with E-state index in [1.165, 1.54) is 23.5 Å². The molecule has 0 radical (unpaired) electrons. The summed E-state index contributed by atoms with van der Waals surface area (Å²) in [5, 5.41) is 4.36. The van der Waals surface area contributed by atoms with Crippen molar-refractivity contribution in [3.63, 3.8) is 0 Å². The number of ether oxygens (including phenoxy) is 1. The normalized spacial score (nSPS) is 15.2. The summed E-state index contributed by atoms with van der Waals surface area (Å²) in [6.07, 6.45) is 2.70. The summed E-state index contributed by atoms with van der Waals surface area (Å²) in [5.41, 5.74) is 1.23. The average molecular weight is 423 g/mol. The largest absolute Gasteiger partial charge is 0.465 e. The monoisotopic (exact) mass is 422 g/mol. The number of amides is 1. The van der Waals surface area contributed by atoms with E-state index in [4.69, 9.17) is 4.74 Å². The maximum Gasteiger partial charge on any atom is 0.350 e. The topological polar surface area (TPSA) is 92.8 Å². The zero-order chi connectivity index (χ0) is 20.3. The molecule has 0 bridgehead atoms. The molecule has 0 aliphatic carbocycles. The zero-order valence-electron chi connectivity index (χ0n) is 15.7. The van der Waals surface area contributed by atoms with Gasteiger partial charge in [-0.3, -0.25) is 4.79 Å². The van der Waals surface area contributed by atoms with Crippen molar-refractivity contribution >= 4 is 38.9 Å². The number of piperidine rings is 1. The quantitative estimate of drug-likeness (QED) is 0.747. The van der Waals surface area contributed by atoms with Gasteiger partial charge in [-0.2, -0.15) is 4.31 Å². The van der Waals surface area contributed by atoms with E-state index in [1.807, 2.05) is 0 Å². The van der Waals surface area contributed by atoms with Gasteiger partial charge in [-0.05, 0) is 48.9 Å². The molecule has 7 nitrogen and oxygen atoms in total. The van der Waals surface area contributed by atoms with Crippen LogP contribution in [0.25, 0.3) is 0 Å². The number of benzene rings is 1. The van der Waals surface area contributed by atoms with Crippen LogP contribution in [-0.2, 0) is 14.8 Å². The number of carbonyl (C=O) groups is 2. The maximum atomic E-state index is 12.9. The second kappa shape index (κ2) is 8.42. The predicted octanol–water partition coefficient (Wildman–Crippen LogP) is 3.27. The smallest absolute Gasteiger partial charge is 0.350 e. The molecule has 1 aromatic heterocycles. The molecule has 1 aliphatic heterocycles. The SMILES string of the molecule is COC(=O)c1sccc1NC(=O)c1cc(S(=O)(=O)N2CCCCC2)ccc1C. The summed E-state index contributed by atoms with van der Waals surface area (Å²) in [5.74, 6) is -1.01. The van der Waals surface area contributed by atoms with Crippen LogP contribution in [-0.4, -0.2) is 44.8 Å². The number of nitrogens with one attached hydrogen (secondary N) is 1. The lowest BCUT2D eigenvalue weighted by Gasteiger charge is -2.26. The van der Waals surface area contributed by atoms with Gasteiger partial charge >= 0.3 is 5.97 Å². The second-order valence-electron chi connectivity index (χ2n) is 6.55. The Morgan fingerprint density at radius 3 is 2.54 bits per heavy atom. The standard InChI is InChI=1S/C19H22N2O5S2/c1-13-6-7-14(28(24,25)21-9-4-3-5-10-21)12-15(13)18(22)20-16-8-11-27-17(16)19(23)26-2/h6-8,11-12H,3-5,9-10H2,1-2H3,(H,20,22). The van der Waals surface area contributed by atoms with Crippen LogP contribution in [0.2, 0.25) is 0 Å². The van der Waals surface area contributed by atoms with E-state index in [9.17, 15) is 18.0 Å². The molecule has 9 heteroatoms. The molecule has 28 heavy (non-hydrogen) atoms. The van der Waals surface area contributed by atoms with Crippen LogP contribution >= 0.6 is 11.3 Å². The minimum Gasteiger partial charge on any atom is -0.465 e. The minimum absolute atomic E-state index is 0.101. The van der Waals surface area contributed by atoms with E-state index < -0.39 is 21.9 Å². The lowest BCUT2D eigenvalue weighted by atomic mass is 10.1. The summed E-state index contributed by atoms with van der Waals surface area (Å²) < 4.78 is 32.0. The number of rotatable bonds is 5. The molecule has 1 N–H and O–H groups in total. The summed E-state index contributed by atoms with van der Waals surface area (Å²) >= 11 is 1.16. The minimum atomic E-state index is -3.64. The van der Waals surface area contributed by atoms with Crippen molar-refractivity contribution < 1.29 is 22.7 Å². The fourth-order valence-corrected chi connectivity index (χ4v) is 5.42. The van der Waals surface area contributed by atoms with Gasteiger partial charge in [0.05, 0.1) is 17.7 Å². The first-order valence-corrected chi connectivity index (χ1v) is 11.2. The van der Waals surface area contributed by atoms with Crippen LogP contribution in [0.15, 0.2) is 34.5 Å². The highest BCUT2D eigenvalue weighted by molar-refractivity contribution is 7.89. The lowest BCUT2D eigenvalue weighted by Crippen LogP contribution is -2.35.